The summed E-state index contributed by atoms with van der Waals surface area (Å²) in [7, 11) is 0. The van der Waals surface area contributed by atoms with Gasteiger partial charge in [0, 0.05) is 27.4 Å². The van der Waals surface area contributed by atoms with Crippen LogP contribution in [0.25, 0.3) is 9.75 Å². The predicted molar refractivity (Wildman–Crippen MR) is 84.4 cm³/mol. The normalized spacial score (nSPS) is 10.8. The molecule has 0 amide bonds. The lowest BCUT2D eigenvalue weighted by Crippen LogP contribution is -1.87. The van der Waals surface area contributed by atoms with Crippen LogP contribution < -0.4 is 0 Å². The molecule has 0 fully saturated rings. The highest BCUT2D eigenvalue weighted by molar-refractivity contribution is 7.21. The molecule has 0 atom stereocenters. The lowest BCUT2D eigenvalue weighted by atomic mass is 10.1. The van der Waals surface area contributed by atoms with Crippen LogP contribution in [0.15, 0.2) is 42.0 Å². The smallest absolute Gasteiger partial charge is 0.0798 e. The van der Waals surface area contributed by atoms with E-state index in [4.69, 9.17) is 11.6 Å². The Morgan fingerprint density at radius 2 is 2.05 bits per heavy atom. The van der Waals surface area contributed by atoms with Gasteiger partial charge in [0.1, 0.15) is 0 Å². The Morgan fingerprint density at radius 3 is 2.84 bits per heavy atom. The molecule has 0 bridgehead atoms. The predicted octanol–water partition coefficient (Wildman–Crippen LogP) is 5.42. The fourth-order valence-electron chi connectivity index (χ4n) is 1.97. The maximum Gasteiger partial charge on any atom is 0.0798 e. The van der Waals surface area contributed by atoms with Gasteiger partial charge >= 0.3 is 0 Å². The number of benzene rings is 1. The van der Waals surface area contributed by atoms with Gasteiger partial charge < -0.3 is 0 Å². The molecule has 4 heteroatoms. The molecule has 1 aromatic carbocycles. The minimum atomic E-state index is 0.846. The van der Waals surface area contributed by atoms with E-state index >= 15 is 0 Å². The van der Waals surface area contributed by atoms with E-state index in [0.29, 0.717) is 0 Å². The maximum atomic E-state index is 6.25. The number of hydrogen-bond donors (Lipinski definition) is 0. The second-order valence-corrected chi connectivity index (χ2v) is 6.87. The average molecular weight is 306 g/mol. The Labute approximate surface area is 125 Å². The van der Waals surface area contributed by atoms with Crippen molar-refractivity contribution >= 4 is 34.3 Å². The molecule has 0 aliphatic rings. The molecule has 0 unspecified atom stereocenters. The van der Waals surface area contributed by atoms with E-state index in [1.54, 1.807) is 11.3 Å². The first-order chi connectivity index (χ1) is 9.22. The van der Waals surface area contributed by atoms with Crippen molar-refractivity contribution in [3.8, 4) is 9.75 Å². The van der Waals surface area contributed by atoms with Crippen molar-refractivity contribution in [2.75, 3.05) is 0 Å². The van der Waals surface area contributed by atoms with E-state index < -0.39 is 0 Å². The van der Waals surface area contributed by atoms with E-state index in [0.717, 1.165) is 11.4 Å². The number of rotatable bonds is 3. The molecule has 0 N–H and O–H groups in total. The first-order valence-electron chi connectivity index (χ1n) is 5.95. The first-order valence-corrected chi connectivity index (χ1v) is 8.02. The van der Waals surface area contributed by atoms with Gasteiger partial charge in [-0.3, -0.25) is 4.98 Å². The molecule has 1 nitrogen and oxygen atoms in total. The summed E-state index contributed by atoms with van der Waals surface area (Å²) in [5.41, 5.74) is 4.31. The second-order valence-electron chi connectivity index (χ2n) is 4.40. The molecule has 3 rings (SSSR count). The molecular weight excluding hydrogens is 294 g/mol. The number of aromatic nitrogens is 1. The molecule has 0 radical (unpaired) electrons. The van der Waals surface area contributed by atoms with E-state index in [1.165, 1.54) is 25.8 Å². The minimum absolute atomic E-state index is 0.846. The highest BCUT2D eigenvalue weighted by Crippen LogP contribution is 2.32. The molecule has 3 aromatic rings. The second kappa shape index (κ2) is 5.45. The topological polar surface area (TPSA) is 12.9 Å². The molecule has 0 saturated heterocycles. The van der Waals surface area contributed by atoms with Gasteiger partial charge in [-0.1, -0.05) is 29.3 Å². The summed E-state index contributed by atoms with van der Waals surface area (Å²) in [5.74, 6) is 0. The third kappa shape index (κ3) is 2.89. The van der Waals surface area contributed by atoms with Gasteiger partial charge in [-0.15, -0.1) is 22.7 Å². The summed E-state index contributed by atoms with van der Waals surface area (Å²) in [6.07, 6.45) is 2.81. The molecule has 0 aliphatic heterocycles. The van der Waals surface area contributed by atoms with Gasteiger partial charge in [0.2, 0.25) is 0 Å². The molecule has 0 aliphatic carbocycles. The zero-order valence-electron chi connectivity index (χ0n) is 10.4. The number of hydrogen-bond acceptors (Lipinski definition) is 3. The van der Waals surface area contributed by atoms with Gasteiger partial charge in [-0.25, -0.2) is 0 Å². The Morgan fingerprint density at radius 1 is 1.16 bits per heavy atom. The monoisotopic (exact) mass is 305 g/mol. The van der Waals surface area contributed by atoms with Crippen molar-refractivity contribution in [3.05, 3.63) is 63.1 Å². The van der Waals surface area contributed by atoms with E-state index in [2.05, 4.69) is 30.1 Å². The lowest BCUT2D eigenvalue weighted by molar-refractivity contribution is 1.22. The molecule has 2 heterocycles. The fourth-order valence-corrected chi connectivity index (χ4v) is 3.90. The lowest BCUT2D eigenvalue weighted by Gasteiger charge is -2.03. The van der Waals surface area contributed by atoms with Gasteiger partial charge in [0.25, 0.3) is 0 Å². The highest BCUT2D eigenvalue weighted by atomic mass is 35.5. The molecule has 19 heavy (non-hydrogen) atoms. The maximum absolute atomic E-state index is 6.25. The van der Waals surface area contributed by atoms with Crippen molar-refractivity contribution in [2.24, 2.45) is 0 Å². The Bertz CT molecular complexity index is 686. The van der Waals surface area contributed by atoms with Crippen LogP contribution in [-0.4, -0.2) is 4.98 Å². The van der Waals surface area contributed by atoms with Crippen LogP contribution >= 0.6 is 34.3 Å². The third-order valence-electron chi connectivity index (χ3n) is 2.90. The van der Waals surface area contributed by atoms with Crippen LogP contribution in [-0.2, 0) is 6.42 Å². The summed E-state index contributed by atoms with van der Waals surface area (Å²) in [6.45, 7) is 2.09. The van der Waals surface area contributed by atoms with Gasteiger partial charge in [-0.05, 0) is 30.7 Å². The number of aryl methyl sites for hydroxylation is 1. The molecule has 96 valence electrons. The Hall–Kier alpha value is -1.16. The van der Waals surface area contributed by atoms with Gasteiger partial charge in [0.05, 0.1) is 10.4 Å². The van der Waals surface area contributed by atoms with Crippen LogP contribution in [0, 0.1) is 6.92 Å². The van der Waals surface area contributed by atoms with Gasteiger partial charge in [-0.2, -0.15) is 0 Å². The number of halogens is 1. The summed E-state index contributed by atoms with van der Waals surface area (Å²) in [5, 5.41) is 0.846. The molecular formula is C15H12ClNS2. The van der Waals surface area contributed by atoms with Crippen molar-refractivity contribution in [2.45, 2.75) is 13.3 Å². The zero-order chi connectivity index (χ0) is 13.2. The standard InChI is InChI=1S/C15H12ClNS2/c1-10-2-4-13(16)11(6-10)7-12-3-5-14(19-12)15-8-17-9-18-15/h2-6,8-9H,7H2,1H3. The zero-order valence-corrected chi connectivity index (χ0v) is 12.8. The van der Waals surface area contributed by atoms with Crippen LogP contribution in [0.4, 0.5) is 0 Å². The van der Waals surface area contributed by atoms with Crippen LogP contribution in [0.3, 0.4) is 0 Å². The number of thiophene rings is 1. The summed E-state index contributed by atoms with van der Waals surface area (Å²) in [6, 6.07) is 10.5. The van der Waals surface area contributed by atoms with Crippen molar-refractivity contribution in [1.29, 1.82) is 0 Å². The Balaban J connectivity index is 1.86. The summed E-state index contributed by atoms with van der Waals surface area (Å²) >= 11 is 9.74. The highest BCUT2D eigenvalue weighted by Gasteiger charge is 2.07. The van der Waals surface area contributed by atoms with Gasteiger partial charge in [0.15, 0.2) is 0 Å². The quantitative estimate of drug-likeness (QED) is 0.629. The molecule has 2 aromatic heterocycles. The van der Waals surface area contributed by atoms with E-state index in [-0.39, 0.29) is 0 Å². The van der Waals surface area contributed by atoms with Crippen molar-refractivity contribution in [3.63, 3.8) is 0 Å². The summed E-state index contributed by atoms with van der Waals surface area (Å²) in [4.78, 5) is 7.96. The van der Waals surface area contributed by atoms with Crippen LogP contribution in [0.5, 0.6) is 0 Å². The number of thiazole rings is 1. The van der Waals surface area contributed by atoms with Crippen LogP contribution in [0.1, 0.15) is 16.0 Å². The van der Waals surface area contributed by atoms with Crippen LogP contribution in [0.2, 0.25) is 5.02 Å². The van der Waals surface area contributed by atoms with Crippen molar-refractivity contribution in [1.82, 2.24) is 4.98 Å². The van der Waals surface area contributed by atoms with E-state index in [9.17, 15) is 0 Å². The van der Waals surface area contributed by atoms with Crippen molar-refractivity contribution < 1.29 is 0 Å². The molecule has 0 saturated carbocycles. The third-order valence-corrected chi connectivity index (χ3v) is 5.33. The molecule has 0 spiro atoms. The number of nitrogens with zero attached hydrogens (tertiary/aromatic N) is 1. The largest absolute Gasteiger partial charge is 0.252 e. The first kappa shape index (κ1) is 12.9. The SMILES string of the molecule is Cc1ccc(Cl)c(Cc2ccc(-c3cncs3)s2)c1. The fraction of sp³-hybridized carbons (Fsp3) is 0.133. The van der Waals surface area contributed by atoms with E-state index in [1.807, 2.05) is 35.2 Å². The minimum Gasteiger partial charge on any atom is -0.252 e. The average Bonchev–Trinajstić information content (AvgIpc) is 3.04. The Kier molecular flexibility index (Phi) is 3.69. The summed E-state index contributed by atoms with van der Waals surface area (Å²) < 4.78 is 0.